The fraction of sp³-hybridized carbons (Fsp3) is 0.867. The van der Waals surface area contributed by atoms with Crippen molar-refractivity contribution in [2.45, 2.75) is 57.7 Å². The first-order chi connectivity index (χ1) is 10.0. The molecule has 1 aliphatic heterocycles. The number of nitrogens with one attached hydrogen (secondary N) is 1. The zero-order valence-corrected chi connectivity index (χ0v) is 14.1. The summed E-state index contributed by atoms with van der Waals surface area (Å²) < 4.78 is 0. The molecule has 0 unspecified atom stereocenters. The highest BCUT2D eigenvalue weighted by Crippen LogP contribution is 2.29. The van der Waals surface area contributed by atoms with Gasteiger partial charge in [-0.2, -0.15) is 11.8 Å². The summed E-state index contributed by atoms with van der Waals surface area (Å²) in [5.41, 5.74) is 0. The van der Waals surface area contributed by atoms with Crippen LogP contribution in [-0.2, 0) is 4.79 Å². The molecule has 0 aromatic carbocycles. The van der Waals surface area contributed by atoms with E-state index in [4.69, 9.17) is 0 Å². The van der Waals surface area contributed by atoms with Crippen LogP contribution in [-0.4, -0.2) is 65.0 Å². The van der Waals surface area contributed by atoms with Crippen LogP contribution in [0.3, 0.4) is 0 Å². The normalized spacial score (nSPS) is 23.0. The van der Waals surface area contributed by atoms with Crippen molar-refractivity contribution in [1.82, 2.24) is 15.1 Å². The number of rotatable bonds is 6. The van der Waals surface area contributed by atoms with Gasteiger partial charge in [0.05, 0.1) is 6.04 Å². The summed E-state index contributed by atoms with van der Waals surface area (Å²) >= 11 is 1.74. The molecule has 0 spiro atoms. The highest BCUT2D eigenvalue weighted by molar-refractivity contribution is 7.98. The number of hydrogen-bond acceptors (Lipinski definition) is 3. The molecule has 120 valence electrons. The molecule has 1 saturated heterocycles. The predicted molar refractivity (Wildman–Crippen MR) is 86.5 cm³/mol. The number of likely N-dealkylation sites (tertiary alicyclic amines) is 1. The van der Waals surface area contributed by atoms with E-state index in [9.17, 15) is 9.59 Å². The van der Waals surface area contributed by atoms with Crippen LogP contribution in [0.2, 0.25) is 0 Å². The highest BCUT2D eigenvalue weighted by atomic mass is 32.2. The molecule has 2 aliphatic rings. The lowest BCUT2D eigenvalue weighted by Crippen LogP contribution is -2.50. The van der Waals surface area contributed by atoms with Crippen LogP contribution in [0, 0.1) is 0 Å². The van der Waals surface area contributed by atoms with Crippen LogP contribution < -0.4 is 5.32 Å². The van der Waals surface area contributed by atoms with Crippen LogP contribution >= 0.6 is 11.8 Å². The topological polar surface area (TPSA) is 52.7 Å². The fourth-order valence-electron chi connectivity index (χ4n) is 3.03. The van der Waals surface area contributed by atoms with E-state index in [2.05, 4.69) is 5.32 Å². The van der Waals surface area contributed by atoms with Gasteiger partial charge in [-0.25, -0.2) is 4.79 Å². The van der Waals surface area contributed by atoms with Crippen LogP contribution in [0.5, 0.6) is 0 Å². The molecule has 1 N–H and O–H groups in total. The number of nitrogens with zero attached hydrogens (tertiary/aromatic N) is 2. The fourth-order valence-corrected chi connectivity index (χ4v) is 3.61. The monoisotopic (exact) mass is 313 g/mol. The third-order valence-corrected chi connectivity index (χ3v) is 5.06. The number of urea groups is 1. The summed E-state index contributed by atoms with van der Waals surface area (Å²) in [6.45, 7) is 5.17. The lowest BCUT2D eigenvalue weighted by molar-refractivity contribution is -0.130. The van der Waals surface area contributed by atoms with Crippen LogP contribution in [0.1, 0.15) is 39.5 Å². The molecule has 0 radical (unpaired) electrons. The lowest BCUT2D eigenvalue weighted by atomic mass is 10.2. The van der Waals surface area contributed by atoms with Crippen molar-refractivity contribution in [2.75, 3.05) is 25.1 Å². The molecule has 1 saturated carbocycles. The zero-order chi connectivity index (χ0) is 15.4. The maximum absolute atomic E-state index is 12.4. The van der Waals surface area contributed by atoms with E-state index in [1.807, 2.05) is 23.0 Å². The van der Waals surface area contributed by atoms with Gasteiger partial charge in [0.1, 0.15) is 0 Å². The Labute approximate surface area is 131 Å². The quantitative estimate of drug-likeness (QED) is 0.815. The second kappa shape index (κ2) is 7.38. The number of thioether (sulfide) groups is 1. The summed E-state index contributed by atoms with van der Waals surface area (Å²) in [6, 6.07) is 0.804. The van der Waals surface area contributed by atoms with Crippen molar-refractivity contribution >= 4 is 23.7 Å². The van der Waals surface area contributed by atoms with Gasteiger partial charge in [0, 0.05) is 37.8 Å². The van der Waals surface area contributed by atoms with Crippen molar-refractivity contribution < 1.29 is 9.59 Å². The van der Waals surface area contributed by atoms with Crippen LogP contribution in [0.25, 0.3) is 0 Å². The summed E-state index contributed by atoms with van der Waals surface area (Å²) in [7, 11) is 0. The molecule has 0 aromatic heterocycles. The minimum absolute atomic E-state index is 0.0262. The molecule has 0 aromatic rings. The molecule has 1 heterocycles. The zero-order valence-electron chi connectivity index (χ0n) is 13.3. The van der Waals surface area contributed by atoms with E-state index in [0.29, 0.717) is 12.6 Å². The average molecular weight is 313 g/mol. The molecule has 2 rings (SSSR count). The Morgan fingerprint density at radius 2 is 2.10 bits per heavy atom. The average Bonchev–Trinajstić information content (AvgIpc) is 3.13. The van der Waals surface area contributed by atoms with Crippen LogP contribution in [0.15, 0.2) is 0 Å². The molecule has 5 nitrogen and oxygen atoms in total. The van der Waals surface area contributed by atoms with Gasteiger partial charge in [-0.3, -0.25) is 4.79 Å². The van der Waals surface area contributed by atoms with Crippen molar-refractivity contribution in [3.63, 3.8) is 0 Å². The van der Waals surface area contributed by atoms with E-state index in [1.165, 1.54) is 0 Å². The largest absolute Gasteiger partial charge is 0.338 e. The van der Waals surface area contributed by atoms with Gasteiger partial charge in [-0.05, 0) is 38.9 Å². The van der Waals surface area contributed by atoms with Gasteiger partial charge < -0.3 is 15.1 Å². The van der Waals surface area contributed by atoms with Gasteiger partial charge in [0.25, 0.3) is 0 Å². The van der Waals surface area contributed by atoms with Gasteiger partial charge >= 0.3 is 6.03 Å². The smallest absolute Gasteiger partial charge is 0.317 e. The minimum Gasteiger partial charge on any atom is -0.338 e. The number of carbonyl (C=O) groups is 2. The van der Waals surface area contributed by atoms with Crippen molar-refractivity contribution in [2.24, 2.45) is 0 Å². The molecule has 21 heavy (non-hydrogen) atoms. The van der Waals surface area contributed by atoms with Crippen molar-refractivity contribution in [3.05, 3.63) is 0 Å². The number of amides is 3. The number of hydrogen-bond donors (Lipinski definition) is 1. The molecular weight excluding hydrogens is 286 g/mol. The van der Waals surface area contributed by atoms with E-state index in [1.54, 1.807) is 18.7 Å². The van der Waals surface area contributed by atoms with E-state index in [0.717, 1.165) is 38.0 Å². The summed E-state index contributed by atoms with van der Waals surface area (Å²) in [5, 5.41) is 3.06. The molecule has 1 aliphatic carbocycles. The predicted octanol–water partition coefficient (Wildman–Crippen LogP) is 1.92. The second-order valence-electron chi connectivity index (χ2n) is 6.20. The lowest BCUT2D eigenvalue weighted by Gasteiger charge is -2.31. The molecule has 3 amide bonds. The van der Waals surface area contributed by atoms with E-state index < -0.39 is 0 Å². The standard InChI is InChI=1S/C15H27N3O2S/c1-11(10-21-3)16-15(20)17-8-4-5-14(17)9-18(12(2)19)13-6-7-13/h11,13-14H,4-10H2,1-3H3,(H,16,20)/t11-,14+/m0/s1. The third kappa shape index (κ3) is 4.53. The Morgan fingerprint density at radius 3 is 2.67 bits per heavy atom. The van der Waals surface area contributed by atoms with Crippen LogP contribution in [0.4, 0.5) is 4.79 Å². The number of carbonyl (C=O) groups excluding carboxylic acids is 2. The maximum atomic E-state index is 12.4. The van der Waals surface area contributed by atoms with Crippen molar-refractivity contribution in [1.29, 1.82) is 0 Å². The second-order valence-corrected chi connectivity index (χ2v) is 7.11. The maximum Gasteiger partial charge on any atom is 0.317 e. The first-order valence-corrected chi connectivity index (χ1v) is 9.25. The van der Waals surface area contributed by atoms with Gasteiger partial charge in [-0.1, -0.05) is 0 Å². The Hall–Kier alpha value is -0.910. The Bertz CT molecular complexity index is 387. The summed E-state index contributed by atoms with van der Waals surface area (Å²) in [5.74, 6) is 1.06. The molecule has 2 fully saturated rings. The van der Waals surface area contributed by atoms with Crippen molar-refractivity contribution in [3.8, 4) is 0 Å². The Morgan fingerprint density at radius 1 is 1.38 bits per heavy atom. The minimum atomic E-state index is 0.0262. The molecule has 6 heteroatoms. The van der Waals surface area contributed by atoms with Gasteiger partial charge in [0.15, 0.2) is 0 Å². The molecular formula is C15H27N3O2S. The highest BCUT2D eigenvalue weighted by Gasteiger charge is 2.36. The third-order valence-electron chi connectivity index (χ3n) is 4.22. The Balaban J connectivity index is 1.89. The van der Waals surface area contributed by atoms with Gasteiger partial charge in [0.2, 0.25) is 5.91 Å². The Kier molecular flexibility index (Phi) is 5.79. The first-order valence-electron chi connectivity index (χ1n) is 7.86. The molecule has 2 atom stereocenters. The van der Waals surface area contributed by atoms with E-state index in [-0.39, 0.29) is 24.0 Å². The van der Waals surface area contributed by atoms with E-state index >= 15 is 0 Å². The SMILES string of the molecule is CSC[C@H](C)NC(=O)N1CCC[C@@H]1CN(C(C)=O)C1CC1. The first kappa shape index (κ1) is 16.5. The van der Waals surface area contributed by atoms with Gasteiger partial charge in [-0.15, -0.1) is 0 Å². The summed E-state index contributed by atoms with van der Waals surface area (Å²) in [6.07, 6.45) is 6.31. The summed E-state index contributed by atoms with van der Waals surface area (Å²) in [4.78, 5) is 28.0. The molecule has 0 bridgehead atoms.